The van der Waals surface area contributed by atoms with Crippen molar-refractivity contribution in [3.05, 3.63) is 35.6 Å². The van der Waals surface area contributed by atoms with Crippen LogP contribution in [0.4, 0.5) is 5.69 Å². The zero-order valence-electron chi connectivity index (χ0n) is 5.81. The van der Waals surface area contributed by atoms with Gasteiger partial charge in [-0.15, -0.1) is 5.69 Å². The summed E-state index contributed by atoms with van der Waals surface area (Å²) in [6, 6.07) is 7.44. The van der Waals surface area contributed by atoms with Gasteiger partial charge in [-0.3, -0.25) is 0 Å². The second-order valence-corrected chi connectivity index (χ2v) is 1.87. The smallest absolute Gasteiger partial charge is 0.699 e. The first kappa shape index (κ1) is 9.66. The van der Waals surface area contributed by atoms with Gasteiger partial charge < -0.3 is 5.73 Å². The number of rotatable bonds is 0. The molecule has 0 aliphatic rings. The molecule has 0 unspecified atom stereocenters. The van der Waals surface area contributed by atoms with Gasteiger partial charge >= 0.3 is 51.4 Å². The number of aryl methyl sites for hydroxylation is 1. The molecule has 0 amide bonds. The molecule has 0 aliphatic heterocycles. The quantitative estimate of drug-likeness (QED) is 0.447. The Morgan fingerprint density at radius 3 is 1.89 bits per heavy atom. The van der Waals surface area contributed by atoms with Crippen LogP contribution in [-0.2, 0) is 0 Å². The third-order valence-corrected chi connectivity index (χ3v) is 1.05. The van der Waals surface area contributed by atoms with E-state index in [2.05, 4.69) is 0 Å². The fraction of sp³-hybridized carbons (Fsp3) is 0.143. The van der Waals surface area contributed by atoms with Crippen LogP contribution in [0.3, 0.4) is 0 Å². The molecule has 9 heavy (non-hydrogen) atoms. The molecule has 0 aliphatic carbocycles. The van der Waals surface area contributed by atoms with E-state index in [0.29, 0.717) is 5.69 Å². The Balaban J connectivity index is 0.000000640. The van der Waals surface area contributed by atoms with Gasteiger partial charge in [-0.2, -0.15) is 0 Å². The third kappa shape index (κ3) is 3.38. The zero-order chi connectivity index (χ0) is 5.98. The monoisotopic (exact) mass is 145 g/mol. The molecule has 42 valence electrons. The maximum absolute atomic E-state index is 7.09. The molecule has 0 heterocycles. The Kier molecular flexibility index (Phi) is 4.79. The standard InChI is InChI=1S/C7H8N.K/c1-6-2-4-7(8)5-3-6;/h2-5,8H,1H3;/q-1;+1. The van der Waals surface area contributed by atoms with Gasteiger partial charge in [0.1, 0.15) is 0 Å². The molecule has 1 rings (SSSR count). The summed E-state index contributed by atoms with van der Waals surface area (Å²) in [7, 11) is 0. The first-order chi connectivity index (χ1) is 3.79. The molecule has 1 aromatic carbocycles. The van der Waals surface area contributed by atoms with Crippen LogP contribution < -0.4 is 51.4 Å². The summed E-state index contributed by atoms with van der Waals surface area (Å²) in [6.45, 7) is 2.01. The van der Waals surface area contributed by atoms with E-state index in [4.69, 9.17) is 5.73 Å². The average Bonchev–Trinajstić information content (AvgIpc) is 1.77. The molecule has 0 bridgehead atoms. The number of hydrogen-bond donors (Lipinski definition) is 0. The van der Waals surface area contributed by atoms with Gasteiger partial charge in [0.2, 0.25) is 0 Å². The van der Waals surface area contributed by atoms with Gasteiger partial charge in [-0.25, -0.2) is 0 Å². The molecule has 1 aromatic rings. The Bertz CT molecular complexity index is 148. The summed E-state index contributed by atoms with van der Waals surface area (Å²) >= 11 is 0. The van der Waals surface area contributed by atoms with Crippen LogP contribution in [0.2, 0.25) is 0 Å². The van der Waals surface area contributed by atoms with E-state index < -0.39 is 0 Å². The Morgan fingerprint density at radius 1 is 1.11 bits per heavy atom. The molecule has 0 spiro atoms. The van der Waals surface area contributed by atoms with Crippen molar-refractivity contribution in [3.63, 3.8) is 0 Å². The second kappa shape index (κ2) is 4.47. The van der Waals surface area contributed by atoms with Crippen molar-refractivity contribution in [3.8, 4) is 0 Å². The Morgan fingerprint density at radius 2 is 1.56 bits per heavy atom. The van der Waals surface area contributed by atoms with Crippen LogP contribution in [-0.4, -0.2) is 0 Å². The second-order valence-electron chi connectivity index (χ2n) is 1.87. The number of benzene rings is 1. The SMILES string of the molecule is Cc1ccc([NH-])cc1.[K+]. The minimum absolute atomic E-state index is 0. The predicted octanol–water partition coefficient (Wildman–Crippen LogP) is -0.317. The van der Waals surface area contributed by atoms with E-state index in [1.807, 2.05) is 19.1 Å². The van der Waals surface area contributed by atoms with Gasteiger partial charge in [0.15, 0.2) is 0 Å². The molecule has 0 saturated carbocycles. The third-order valence-electron chi connectivity index (χ3n) is 1.05. The molecule has 2 heteroatoms. The normalized spacial score (nSPS) is 8.11. The minimum atomic E-state index is 0. The summed E-state index contributed by atoms with van der Waals surface area (Å²) in [5, 5.41) is 0. The van der Waals surface area contributed by atoms with Crippen LogP contribution >= 0.6 is 0 Å². The summed E-state index contributed by atoms with van der Waals surface area (Å²) in [4.78, 5) is 0. The summed E-state index contributed by atoms with van der Waals surface area (Å²) < 4.78 is 0. The van der Waals surface area contributed by atoms with Gasteiger partial charge in [0.05, 0.1) is 0 Å². The zero-order valence-corrected chi connectivity index (χ0v) is 8.93. The molecule has 0 atom stereocenters. The molecule has 1 N–H and O–H groups in total. The van der Waals surface area contributed by atoms with E-state index in [9.17, 15) is 0 Å². The number of hydrogen-bond acceptors (Lipinski definition) is 0. The fourth-order valence-corrected chi connectivity index (χ4v) is 0.554. The van der Waals surface area contributed by atoms with E-state index in [0.717, 1.165) is 0 Å². The van der Waals surface area contributed by atoms with Crippen molar-refractivity contribution in [2.45, 2.75) is 6.92 Å². The van der Waals surface area contributed by atoms with Crippen LogP contribution in [0.1, 0.15) is 5.56 Å². The van der Waals surface area contributed by atoms with Crippen LogP contribution in [0.5, 0.6) is 0 Å². The van der Waals surface area contributed by atoms with Gasteiger partial charge in [-0.1, -0.05) is 29.8 Å². The van der Waals surface area contributed by atoms with E-state index in [1.165, 1.54) is 5.56 Å². The molecule has 0 fully saturated rings. The van der Waals surface area contributed by atoms with E-state index >= 15 is 0 Å². The van der Waals surface area contributed by atoms with E-state index in [-0.39, 0.29) is 51.4 Å². The van der Waals surface area contributed by atoms with Crippen molar-refractivity contribution in [1.29, 1.82) is 0 Å². The van der Waals surface area contributed by atoms with Gasteiger partial charge in [-0.05, 0) is 6.92 Å². The molecular formula is C7H8KN. The van der Waals surface area contributed by atoms with Crippen molar-refractivity contribution >= 4 is 5.69 Å². The van der Waals surface area contributed by atoms with Crippen LogP contribution in [0.15, 0.2) is 24.3 Å². The predicted molar refractivity (Wildman–Crippen MR) is 35.2 cm³/mol. The van der Waals surface area contributed by atoms with Crippen molar-refractivity contribution in [2.24, 2.45) is 0 Å². The maximum Gasteiger partial charge on any atom is 1.00 e. The molecule has 0 saturated heterocycles. The minimum Gasteiger partial charge on any atom is -0.699 e. The Hall–Kier alpha value is 0.656. The van der Waals surface area contributed by atoms with Crippen molar-refractivity contribution in [2.75, 3.05) is 0 Å². The van der Waals surface area contributed by atoms with Gasteiger partial charge in [0, 0.05) is 0 Å². The number of nitrogens with one attached hydrogen (secondary N) is 1. The fourth-order valence-electron chi connectivity index (χ4n) is 0.554. The molecule has 1 nitrogen and oxygen atoms in total. The van der Waals surface area contributed by atoms with Crippen molar-refractivity contribution in [1.82, 2.24) is 0 Å². The largest absolute Gasteiger partial charge is 1.00 e. The summed E-state index contributed by atoms with van der Waals surface area (Å²) in [5.41, 5.74) is 8.88. The first-order valence-corrected chi connectivity index (χ1v) is 2.57. The van der Waals surface area contributed by atoms with Crippen molar-refractivity contribution < 1.29 is 51.4 Å². The topological polar surface area (TPSA) is 23.8 Å². The molecule has 0 aromatic heterocycles. The molecular weight excluding hydrogens is 137 g/mol. The maximum atomic E-state index is 7.09. The first-order valence-electron chi connectivity index (χ1n) is 2.57. The Labute approximate surface area is 98.1 Å². The summed E-state index contributed by atoms with van der Waals surface area (Å²) in [5.74, 6) is 0. The van der Waals surface area contributed by atoms with Crippen LogP contribution in [0, 0.1) is 6.92 Å². The van der Waals surface area contributed by atoms with E-state index in [1.54, 1.807) is 12.1 Å². The summed E-state index contributed by atoms with van der Waals surface area (Å²) in [6.07, 6.45) is 0. The average molecular weight is 145 g/mol. The van der Waals surface area contributed by atoms with Gasteiger partial charge in [0.25, 0.3) is 0 Å². The molecule has 0 radical (unpaired) electrons. The van der Waals surface area contributed by atoms with Crippen LogP contribution in [0.25, 0.3) is 5.73 Å².